The zero-order chi connectivity index (χ0) is 14.6. The first-order chi connectivity index (χ1) is 9.59. The van der Waals surface area contributed by atoms with Gasteiger partial charge in [-0.05, 0) is 30.3 Å². The molecule has 0 saturated carbocycles. The molecule has 0 aliphatic carbocycles. The summed E-state index contributed by atoms with van der Waals surface area (Å²) in [4.78, 5) is 0.317. The summed E-state index contributed by atoms with van der Waals surface area (Å²) in [6, 6.07) is 12.9. The zero-order valence-electron chi connectivity index (χ0n) is 10.9. The summed E-state index contributed by atoms with van der Waals surface area (Å²) < 4.78 is 30.4. The van der Waals surface area contributed by atoms with Crippen LogP contribution < -0.4 is 10.6 Å². The standard InChI is InChI=1S/C14H14N2O3S/c1-19-12-8-7-11(10-16-15)14(9-12)20(17,18)13-5-3-2-4-6-13/h2-10H,15H2,1H3. The van der Waals surface area contributed by atoms with Gasteiger partial charge in [0.05, 0.1) is 23.1 Å². The number of ether oxygens (including phenoxy) is 1. The van der Waals surface area contributed by atoms with Gasteiger partial charge in [-0.2, -0.15) is 5.10 Å². The highest BCUT2D eigenvalue weighted by molar-refractivity contribution is 7.91. The van der Waals surface area contributed by atoms with Gasteiger partial charge in [-0.3, -0.25) is 0 Å². The summed E-state index contributed by atoms with van der Waals surface area (Å²) in [5.74, 6) is 5.58. The van der Waals surface area contributed by atoms with Crippen LogP contribution in [0.4, 0.5) is 0 Å². The molecule has 0 amide bonds. The minimum Gasteiger partial charge on any atom is -0.497 e. The molecule has 0 heterocycles. The maximum atomic E-state index is 12.6. The van der Waals surface area contributed by atoms with Crippen molar-refractivity contribution < 1.29 is 13.2 Å². The second kappa shape index (κ2) is 5.75. The van der Waals surface area contributed by atoms with Crippen molar-refractivity contribution in [3.63, 3.8) is 0 Å². The smallest absolute Gasteiger partial charge is 0.207 e. The lowest BCUT2D eigenvalue weighted by Gasteiger charge is -2.09. The van der Waals surface area contributed by atoms with Gasteiger partial charge in [0.2, 0.25) is 9.84 Å². The van der Waals surface area contributed by atoms with E-state index >= 15 is 0 Å². The average molecular weight is 290 g/mol. The Hall–Kier alpha value is -2.34. The van der Waals surface area contributed by atoms with E-state index in [1.165, 1.54) is 31.5 Å². The number of nitrogens with two attached hydrogens (primary N) is 1. The van der Waals surface area contributed by atoms with Gasteiger partial charge in [0, 0.05) is 5.56 Å². The van der Waals surface area contributed by atoms with Crippen molar-refractivity contribution in [2.45, 2.75) is 9.79 Å². The Labute approximate surface area is 117 Å². The lowest BCUT2D eigenvalue weighted by Crippen LogP contribution is -2.06. The molecular weight excluding hydrogens is 276 g/mol. The predicted octanol–water partition coefficient (Wildman–Crippen LogP) is 1.82. The van der Waals surface area contributed by atoms with Crippen LogP contribution in [-0.2, 0) is 9.84 Å². The predicted molar refractivity (Wildman–Crippen MR) is 76.7 cm³/mol. The van der Waals surface area contributed by atoms with Crippen LogP contribution in [0, 0.1) is 0 Å². The minimum atomic E-state index is -3.65. The van der Waals surface area contributed by atoms with Crippen LogP contribution in [-0.4, -0.2) is 21.7 Å². The van der Waals surface area contributed by atoms with Gasteiger partial charge < -0.3 is 10.6 Å². The molecule has 5 nitrogen and oxygen atoms in total. The fourth-order valence-electron chi connectivity index (χ4n) is 1.79. The Morgan fingerprint density at radius 3 is 2.45 bits per heavy atom. The zero-order valence-corrected chi connectivity index (χ0v) is 11.7. The first-order valence-corrected chi connectivity index (χ1v) is 7.29. The Balaban J connectivity index is 2.67. The topological polar surface area (TPSA) is 81.8 Å². The highest BCUT2D eigenvalue weighted by atomic mass is 32.2. The van der Waals surface area contributed by atoms with Crippen LogP contribution in [0.1, 0.15) is 5.56 Å². The quantitative estimate of drug-likeness (QED) is 0.529. The third kappa shape index (κ3) is 2.65. The highest BCUT2D eigenvalue weighted by Gasteiger charge is 2.21. The van der Waals surface area contributed by atoms with E-state index in [2.05, 4.69) is 5.10 Å². The van der Waals surface area contributed by atoms with Gasteiger partial charge >= 0.3 is 0 Å². The van der Waals surface area contributed by atoms with Crippen molar-refractivity contribution in [2.75, 3.05) is 7.11 Å². The van der Waals surface area contributed by atoms with Crippen LogP contribution in [0.25, 0.3) is 0 Å². The van der Waals surface area contributed by atoms with Gasteiger partial charge in [-0.1, -0.05) is 18.2 Å². The number of methoxy groups -OCH3 is 1. The molecule has 2 aromatic rings. The van der Waals surface area contributed by atoms with Gasteiger partial charge in [-0.15, -0.1) is 0 Å². The number of hydrogen-bond donors (Lipinski definition) is 1. The summed E-state index contributed by atoms with van der Waals surface area (Å²) in [6.45, 7) is 0. The maximum absolute atomic E-state index is 12.6. The Morgan fingerprint density at radius 1 is 1.15 bits per heavy atom. The van der Waals surface area contributed by atoms with Crippen molar-refractivity contribution in [1.29, 1.82) is 0 Å². The molecule has 2 rings (SSSR count). The first-order valence-electron chi connectivity index (χ1n) is 5.81. The highest BCUT2D eigenvalue weighted by Crippen LogP contribution is 2.26. The van der Waals surface area contributed by atoms with Crippen molar-refractivity contribution in [3.05, 3.63) is 54.1 Å². The molecule has 0 radical (unpaired) electrons. The molecule has 6 heteroatoms. The van der Waals surface area contributed by atoms with Gasteiger partial charge in [0.15, 0.2) is 0 Å². The van der Waals surface area contributed by atoms with Crippen LogP contribution in [0.3, 0.4) is 0 Å². The van der Waals surface area contributed by atoms with E-state index in [4.69, 9.17) is 10.6 Å². The molecule has 2 aromatic carbocycles. The molecule has 20 heavy (non-hydrogen) atoms. The average Bonchev–Trinajstić information content (AvgIpc) is 2.48. The molecule has 0 saturated heterocycles. The van der Waals surface area contributed by atoms with E-state index in [1.807, 2.05) is 0 Å². The van der Waals surface area contributed by atoms with Gasteiger partial charge in [0.1, 0.15) is 5.75 Å². The van der Waals surface area contributed by atoms with Crippen LogP contribution in [0.5, 0.6) is 5.75 Å². The van der Waals surface area contributed by atoms with Crippen LogP contribution in [0.2, 0.25) is 0 Å². The van der Waals surface area contributed by atoms with Gasteiger partial charge in [-0.25, -0.2) is 8.42 Å². The SMILES string of the molecule is COc1ccc(C=NN)c(S(=O)(=O)c2ccccc2)c1. The summed E-state index contributed by atoms with van der Waals surface area (Å²) >= 11 is 0. The molecule has 2 N–H and O–H groups in total. The Morgan fingerprint density at radius 2 is 1.85 bits per heavy atom. The summed E-state index contributed by atoms with van der Waals surface area (Å²) in [5.41, 5.74) is 0.414. The largest absolute Gasteiger partial charge is 0.497 e. The minimum absolute atomic E-state index is 0.109. The lowest BCUT2D eigenvalue weighted by atomic mass is 10.2. The molecule has 0 aliphatic heterocycles. The number of rotatable bonds is 4. The second-order valence-electron chi connectivity index (χ2n) is 4.00. The van der Waals surface area contributed by atoms with E-state index in [1.54, 1.807) is 30.3 Å². The molecule has 0 unspecified atom stereocenters. The van der Waals surface area contributed by atoms with E-state index in [9.17, 15) is 8.42 Å². The Kier molecular flexibility index (Phi) is 4.05. The normalized spacial score (nSPS) is 11.7. The second-order valence-corrected chi connectivity index (χ2v) is 5.92. The monoisotopic (exact) mass is 290 g/mol. The lowest BCUT2D eigenvalue weighted by molar-refractivity contribution is 0.413. The maximum Gasteiger partial charge on any atom is 0.207 e. The van der Waals surface area contributed by atoms with E-state index in [0.717, 1.165) is 0 Å². The number of nitrogens with zero attached hydrogens (tertiary/aromatic N) is 1. The summed E-state index contributed by atoms with van der Waals surface area (Å²) in [7, 11) is -2.17. The third-order valence-electron chi connectivity index (χ3n) is 2.78. The fourth-order valence-corrected chi connectivity index (χ4v) is 3.26. The number of hydrazone groups is 1. The molecule has 0 aliphatic rings. The first kappa shape index (κ1) is 14.1. The van der Waals surface area contributed by atoms with E-state index in [-0.39, 0.29) is 9.79 Å². The molecule has 0 spiro atoms. The van der Waals surface area contributed by atoms with Gasteiger partial charge in [0.25, 0.3) is 0 Å². The molecule has 0 fully saturated rings. The third-order valence-corrected chi connectivity index (χ3v) is 4.60. The van der Waals surface area contributed by atoms with Crippen molar-refractivity contribution in [3.8, 4) is 5.75 Å². The van der Waals surface area contributed by atoms with E-state index < -0.39 is 9.84 Å². The van der Waals surface area contributed by atoms with E-state index in [0.29, 0.717) is 11.3 Å². The Bertz CT molecular complexity index is 725. The van der Waals surface area contributed by atoms with Crippen molar-refractivity contribution in [2.24, 2.45) is 10.9 Å². The van der Waals surface area contributed by atoms with Crippen LogP contribution in [0.15, 0.2) is 63.4 Å². The number of hydrogen-bond acceptors (Lipinski definition) is 5. The number of sulfone groups is 1. The van der Waals surface area contributed by atoms with Crippen molar-refractivity contribution in [1.82, 2.24) is 0 Å². The fraction of sp³-hybridized carbons (Fsp3) is 0.0714. The summed E-state index contributed by atoms with van der Waals surface area (Å²) in [6.07, 6.45) is 1.30. The van der Waals surface area contributed by atoms with Crippen molar-refractivity contribution >= 4 is 16.1 Å². The summed E-state index contributed by atoms with van der Waals surface area (Å²) in [5, 5.41) is 3.40. The molecule has 0 aromatic heterocycles. The molecule has 0 bridgehead atoms. The van der Waals surface area contributed by atoms with Crippen LogP contribution >= 0.6 is 0 Å². The molecular formula is C14H14N2O3S. The number of benzene rings is 2. The molecule has 0 atom stereocenters. The molecule has 104 valence electrons.